The molecule has 0 amide bonds. The van der Waals surface area contributed by atoms with E-state index >= 15 is 0 Å². The number of rotatable bonds is 5. The van der Waals surface area contributed by atoms with Crippen molar-refractivity contribution >= 4 is 11.4 Å². The fourth-order valence-electron chi connectivity index (χ4n) is 1.56. The van der Waals surface area contributed by atoms with Gasteiger partial charge in [0, 0.05) is 18.2 Å². The van der Waals surface area contributed by atoms with Crippen LogP contribution in [0.2, 0.25) is 0 Å². The lowest BCUT2D eigenvalue weighted by molar-refractivity contribution is -0.383. The molecule has 98 valence electrons. The number of benzene rings is 1. The van der Waals surface area contributed by atoms with E-state index in [1.165, 1.54) is 6.07 Å². The molecule has 0 saturated heterocycles. The minimum atomic E-state index is -0.460. The number of aryl methyl sites for hydroxylation is 1. The van der Waals surface area contributed by atoms with Crippen molar-refractivity contribution in [2.24, 2.45) is 0 Å². The normalized spacial score (nSPS) is 10.2. The Bertz CT molecular complexity index is 621. The van der Waals surface area contributed by atoms with Gasteiger partial charge >= 0.3 is 0 Å². The van der Waals surface area contributed by atoms with E-state index in [4.69, 9.17) is 4.52 Å². The number of nitro groups is 1. The lowest BCUT2D eigenvalue weighted by Crippen LogP contribution is -2.02. The number of anilines is 1. The summed E-state index contributed by atoms with van der Waals surface area (Å²) in [6, 6.07) is 4.69. The first-order valence-corrected chi connectivity index (χ1v) is 5.55. The quantitative estimate of drug-likeness (QED) is 0.504. The Labute approximate surface area is 109 Å². The van der Waals surface area contributed by atoms with Gasteiger partial charge in [0.25, 0.3) is 11.6 Å². The first-order chi connectivity index (χ1) is 9.11. The fourth-order valence-corrected chi connectivity index (χ4v) is 1.56. The van der Waals surface area contributed by atoms with E-state index in [1.54, 1.807) is 25.1 Å². The number of nitrogens with one attached hydrogen (secondary N) is 1. The highest BCUT2D eigenvalue weighted by Gasteiger charge is 2.17. The second-order valence-electron chi connectivity index (χ2n) is 3.81. The van der Waals surface area contributed by atoms with Crippen LogP contribution < -0.4 is 5.32 Å². The molecule has 0 aliphatic carbocycles. The fraction of sp³-hybridized carbons (Fsp3) is 0.167. The van der Waals surface area contributed by atoms with Gasteiger partial charge in [0.15, 0.2) is 5.82 Å². The molecule has 7 heteroatoms. The molecule has 1 aromatic carbocycles. The van der Waals surface area contributed by atoms with Crippen LogP contribution in [0.5, 0.6) is 0 Å². The van der Waals surface area contributed by atoms with Gasteiger partial charge in [0.1, 0.15) is 5.69 Å². The molecule has 1 heterocycles. The molecular weight excluding hydrogens is 248 g/mol. The highest BCUT2D eigenvalue weighted by Crippen LogP contribution is 2.29. The Kier molecular flexibility index (Phi) is 3.56. The highest BCUT2D eigenvalue weighted by molar-refractivity contribution is 5.69. The molecule has 1 N–H and O–H groups in total. The summed E-state index contributed by atoms with van der Waals surface area (Å²) < 4.78 is 4.99. The van der Waals surface area contributed by atoms with Crippen molar-refractivity contribution in [1.29, 1.82) is 0 Å². The highest BCUT2D eigenvalue weighted by atomic mass is 16.6. The van der Waals surface area contributed by atoms with Gasteiger partial charge in [0.2, 0.25) is 0 Å². The standard InChI is InChI=1S/C12H12N4O3/c1-3-6-13-10-5-4-9(7-11(10)16(17)18)12-14-8(2)15-19-12/h3-5,7,13H,1,6H2,2H3. The molecule has 7 nitrogen and oxygen atoms in total. The van der Waals surface area contributed by atoms with E-state index in [9.17, 15) is 10.1 Å². The Balaban J connectivity index is 2.41. The van der Waals surface area contributed by atoms with Crippen molar-refractivity contribution in [3.8, 4) is 11.5 Å². The summed E-state index contributed by atoms with van der Waals surface area (Å²) in [6.07, 6.45) is 1.62. The summed E-state index contributed by atoms with van der Waals surface area (Å²) in [4.78, 5) is 14.6. The molecule has 19 heavy (non-hydrogen) atoms. The van der Waals surface area contributed by atoms with Crippen LogP contribution in [0.1, 0.15) is 5.82 Å². The molecule has 2 rings (SSSR count). The van der Waals surface area contributed by atoms with Crippen LogP contribution in [-0.4, -0.2) is 21.6 Å². The van der Waals surface area contributed by atoms with Crippen molar-refractivity contribution < 1.29 is 9.45 Å². The third-order valence-electron chi connectivity index (χ3n) is 2.41. The number of aromatic nitrogens is 2. The van der Waals surface area contributed by atoms with Crippen LogP contribution in [0.25, 0.3) is 11.5 Å². The van der Waals surface area contributed by atoms with Crippen molar-refractivity contribution in [2.45, 2.75) is 6.92 Å². The summed E-state index contributed by atoms with van der Waals surface area (Å²) in [7, 11) is 0. The monoisotopic (exact) mass is 260 g/mol. The molecule has 0 radical (unpaired) electrons. The van der Waals surface area contributed by atoms with E-state index < -0.39 is 4.92 Å². The maximum absolute atomic E-state index is 11.0. The van der Waals surface area contributed by atoms with Gasteiger partial charge in [-0.1, -0.05) is 11.2 Å². The number of nitro benzene ring substituents is 1. The van der Waals surface area contributed by atoms with Crippen LogP contribution >= 0.6 is 0 Å². The molecule has 0 fully saturated rings. The Hall–Kier alpha value is -2.70. The summed E-state index contributed by atoms with van der Waals surface area (Å²) in [5, 5.41) is 17.6. The molecule has 0 saturated carbocycles. The van der Waals surface area contributed by atoms with Crippen molar-refractivity contribution in [2.75, 3.05) is 11.9 Å². The topological polar surface area (TPSA) is 94.1 Å². The van der Waals surface area contributed by atoms with Gasteiger partial charge < -0.3 is 9.84 Å². The number of hydrogen-bond donors (Lipinski definition) is 1. The second kappa shape index (κ2) is 5.30. The lowest BCUT2D eigenvalue weighted by Gasteiger charge is -2.05. The Morgan fingerprint density at radius 2 is 2.37 bits per heavy atom. The van der Waals surface area contributed by atoms with Gasteiger partial charge in [-0.2, -0.15) is 4.98 Å². The van der Waals surface area contributed by atoms with Crippen LogP contribution in [0, 0.1) is 17.0 Å². The summed E-state index contributed by atoms with van der Waals surface area (Å²) in [5.41, 5.74) is 0.886. The first-order valence-electron chi connectivity index (χ1n) is 5.55. The van der Waals surface area contributed by atoms with Crippen LogP contribution in [0.15, 0.2) is 35.4 Å². The predicted octanol–water partition coefficient (Wildman–Crippen LogP) is 2.55. The van der Waals surface area contributed by atoms with Gasteiger partial charge in [-0.3, -0.25) is 10.1 Å². The molecule has 2 aromatic rings. The lowest BCUT2D eigenvalue weighted by atomic mass is 10.1. The minimum Gasteiger partial charge on any atom is -0.376 e. The second-order valence-corrected chi connectivity index (χ2v) is 3.81. The molecule has 0 spiro atoms. The zero-order valence-corrected chi connectivity index (χ0v) is 10.3. The number of hydrogen-bond acceptors (Lipinski definition) is 6. The zero-order valence-electron chi connectivity index (χ0n) is 10.3. The maximum atomic E-state index is 11.0. The summed E-state index contributed by atoms with van der Waals surface area (Å²) >= 11 is 0. The van der Waals surface area contributed by atoms with Crippen LogP contribution in [0.4, 0.5) is 11.4 Å². The molecule has 0 bridgehead atoms. The Morgan fingerprint density at radius 1 is 1.58 bits per heavy atom. The molecular formula is C12H12N4O3. The van der Waals surface area contributed by atoms with Gasteiger partial charge in [-0.15, -0.1) is 6.58 Å². The van der Waals surface area contributed by atoms with E-state index in [2.05, 4.69) is 22.0 Å². The maximum Gasteiger partial charge on any atom is 0.293 e. The van der Waals surface area contributed by atoms with Crippen LogP contribution in [0.3, 0.4) is 0 Å². The van der Waals surface area contributed by atoms with Crippen LogP contribution in [-0.2, 0) is 0 Å². The van der Waals surface area contributed by atoms with E-state index in [1.807, 2.05) is 0 Å². The molecule has 0 aliphatic rings. The molecule has 0 unspecified atom stereocenters. The largest absolute Gasteiger partial charge is 0.376 e. The van der Waals surface area contributed by atoms with Gasteiger partial charge in [-0.05, 0) is 19.1 Å². The molecule has 1 aromatic heterocycles. The average molecular weight is 260 g/mol. The van der Waals surface area contributed by atoms with Crippen molar-refractivity contribution in [3.63, 3.8) is 0 Å². The summed E-state index contributed by atoms with van der Waals surface area (Å²) in [5.74, 6) is 0.738. The first kappa shape index (κ1) is 12.7. The van der Waals surface area contributed by atoms with E-state index in [0.29, 0.717) is 23.6 Å². The predicted molar refractivity (Wildman–Crippen MR) is 69.8 cm³/mol. The third-order valence-corrected chi connectivity index (χ3v) is 2.41. The third kappa shape index (κ3) is 2.76. The van der Waals surface area contributed by atoms with E-state index in [-0.39, 0.29) is 11.6 Å². The molecule has 0 atom stereocenters. The van der Waals surface area contributed by atoms with Gasteiger partial charge in [-0.25, -0.2) is 0 Å². The van der Waals surface area contributed by atoms with Crippen molar-refractivity contribution in [1.82, 2.24) is 10.1 Å². The summed E-state index contributed by atoms with van der Waals surface area (Å²) in [6.45, 7) is 5.68. The zero-order chi connectivity index (χ0) is 13.8. The van der Waals surface area contributed by atoms with E-state index in [0.717, 1.165) is 0 Å². The smallest absolute Gasteiger partial charge is 0.293 e. The van der Waals surface area contributed by atoms with Crippen molar-refractivity contribution in [3.05, 3.63) is 46.8 Å². The Morgan fingerprint density at radius 3 is 2.95 bits per heavy atom. The minimum absolute atomic E-state index is 0.0461. The van der Waals surface area contributed by atoms with Gasteiger partial charge in [0.05, 0.1) is 4.92 Å². The SMILES string of the molecule is C=CCNc1ccc(-c2nc(C)no2)cc1[N+](=O)[O-]. The average Bonchev–Trinajstić information content (AvgIpc) is 2.82. The number of nitrogens with zero attached hydrogens (tertiary/aromatic N) is 3. The molecule has 0 aliphatic heterocycles.